The average molecular weight is 241 g/mol. The normalized spacial score (nSPS) is 13.3. The van der Waals surface area contributed by atoms with Crippen molar-refractivity contribution in [2.75, 3.05) is 12.0 Å². The molecule has 0 bridgehead atoms. The van der Waals surface area contributed by atoms with Gasteiger partial charge in [-0.2, -0.15) is 16.9 Å². The summed E-state index contributed by atoms with van der Waals surface area (Å²) in [6.07, 6.45) is 5.38. The molecule has 0 radical (unpaired) electrons. The Morgan fingerprint density at radius 3 is 2.75 bits per heavy atom. The lowest BCUT2D eigenvalue weighted by molar-refractivity contribution is 0.504. The van der Waals surface area contributed by atoms with Gasteiger partial charge in [-0.3, -0.25) is 4.68 Å². The van der Waals surface area contributed by atoms with Gasteiger partial charge < -0.3 is 5.32 Å². The van der Waals surface area contributed by atoms with Crippen LogP contribution >= 0.6 is 11.8 Å². The summed E-state index contributed by atoms with van der Waals surface area (Å²) in [7, 11) is 0. The van der Waals surface area contributed by atoms with Gasteiger partial charge in [0.1, 0.15) is 0 Å². The summed E-state index contributed by atoms with van der Waals surface area (Å²) in [4.78, 5) is 0. The second-order valence-corrected chi connectivity index (χ2v) is 5.23. The number of rotatable bonds is 7. The minimum Gasteiger partial charge on any atom is -0.307 e. The maximum Gasteiger partial charge on any atom is 0.0762 e. The SMILES string of the molecule is CCC(CSC)NCc1ccn(C(C)C)n1. The van der Waals surface area contributed by atoms with Gasteiger partial charge in [-0.25, -0.2) is 0 Å². The van der Waals surface area contributed by atoms with E-state index in [0.717, 1.165) is 12.2 Å². The number of nitrogens with one attached hydrogen (secondary N) is 1. The minimum atomic E-state index is 0.446. The number of aromatic nitrogens is 2. The minimum absolute atomic E-state index is 0.446. The van der Waals surface area contributed by atoms with Crippen molar-refractivity contribution in [1.29, 1.82) is 0 Å². The Morgan fingerprint density at radius 2 is 2.25 bits per heavy atom. The maximum absolute atomic E-state index is 4.52. The standard InChI is InChI=1S/C12H23N3S/c1-5-11(9-16-4)13-8-12-6-7-15(14-12)10(2)3/h6-7,10-11,13H,5,8-9H2,1-4H3. The van der Waals surface area contributed by atoms with Crippen molar-refractivity contribution in [1.82, 2.24) is 15.1 Å². The van der Waals surface area contributed by atoms with Crippen LogP contribution in [0.2, 0.25) is 0 Å². The summed E-state index contributed by atoms with van der Waals surface area (Å²) in [5, 5.41) is 8.07. The zero-order chi connectivity index (χ0) is 12.0. The fourth-order valence-electron chi connectivity index (χ4n) is 1.53. The van der Waals surface area contributed by atoms with E-state index in [2.05, 4.69) is 49.7 Å². The molecule has 0 spiro atoms. The predicted octanol–water partition coefficient (Wildman–Crippen LogP) is 2.70. The van der Waals surface area contributed by atoms with E-state index >= 15 is 0 Å². The Balaban J connectivity index is 2.41. The molecule has 0 fully saturated rings. The molecule has 16 heavy (non-hydrogen) atoms. The van der Waals surface area contributed by atoms with E-state index in [1.165, 1.54) is 12.2 Å². The van der Waals surface area contributed by atoms with Crippen molar-refractivity contribution in [3.8, 4) is 0 Å². The summed E-state index contributed by atoms with van der Waals surface area (Å²) < 4.78 is 2.01. The first-order valence-electron chi connectivity index (χ1n) is 5.93. The highest BCUT2D eigenvalue weighted by Gasteiger charge is 2.06. The first kappa shape index (κ1) is 13.6. The number of thioether (sulfide) groups is 1. The van der Waals surface area contributed by atoms with Crippen LogP contribution in [0.5, 0.6) is 0 Å². The molecule has 1 N–H and O–H groups in total. The molecule has 0 aliphatic carbocycles. The monoisotopic (exact) mass is 241 g/mol. The first-order chi connectivity index (χ1) is 7.67. The number of hydrogen-bond acceptors (Lipinski definition) is 3. The Labute approximate surface area is 103 Å². The van der Waals surface area contributed by atoms with Crippen molar-refractivity contribution in [2.45, 2.75) is 45.8 Å². The van der Waals surface area contributed by atoms with Gasteiger partial charge in [0, 0.05) is 30.6 Å². The smallest absolute Gasteiger partial charge is 0.0762 e. The van der Waals surface area contributed by atoms with Crippen LogP contribution in [0.4, 0.5) is 0 Å². The van der Waals surface area contributed by atoms with Crippen molar-refractivity contribution in [3.05, 3.63) is 18.0 Å². The molecular weight excluding hydrogens is 218 g/mol. The van der Waals surface area contributed by atoms with Gasteiger partial charge in [0.15, 0.2) is 0 Å². The van der Waals surface area contributed by atoms with E-state index in [1.807, 2.05) is 16.4 Å². The Bertz CT molecular complexity index is 296. The third kappa shape index (κ3) is 4.18. The summed E-state index contributed by atoms with van der Waals surface area (Å²) in [5.74, 6) is 1.17. The molecular formula is C12H23N3S. The lowest BCUT2D eigenvalue weighted by Crippen LogP contribution is -2.30. The molecule has 0 saturated heterocycles. The second kappa shape index (κ2) is 6.97. The molecule has 1 aromatic rings. The molecule has 0 aliphatic rings. The molecule has 1 heterocycles. The van der Waals surface area contributed by atoms with Gasteiger partial charge in [-0.05, 0) is 32.6 Å². The van der Waals surface area contributed by atoms with E-state index in [-0.39, 0.29) is 0 Å². The van der Waals surface area contributed by atoms with Gasteiger partial charge in [0.05, 0.1) is 5.69 Å². The topological polar surface area (TPSA) is 29.9 Å². The van der Waals surface area contributed by atoms with E-state index in [1.54, 1.807) is 0 Å². The molecule has 1 atom stereocenters. The molecule has 0 aliphatic heterocycles. The predicted molar refractivity (Wildman–Crippen MR) is 71.9 cm³/mol. The quantitative estimate of drug-likeness (QED) is 0.796. The summed E-state index contributed by atoms with van der Waals surface area (Å²) in [5.41, 5.74) is 1.13. The van der Waals surface area contributed by atoms with E-state index < -0.39 is 0 Å². The number of hydrogen-bond donors (Lipinski definition) is 1. The molecule has 1 aromatic heterocycles. The molecule has 0 saturated carbocycles. The molecule has 92 valence electrons. The van der Waals surface area contributed by atoms with Crippen LogP contribution in [0.25, 0.3) is 0 Å². The van der Waals surface area contributed by atoms with Crippen LogP contribution in [0.1, 0.15) is 38.9 Å². The van der Waals surface area contributed by atoms with Crippen molar-refractivity contribution < 1.29 is 0 Å². The van der Waals surface area contributed by atoms with Crippen molar-refractivity contribution >= 4 is 11.8 Å². The van der Waals surface area contributed by atoms with Gasteiger partial charge >= 0.3 is 0 Å². The summed E-state index contributed by atoms with van der Waals surface area (Å²) in [6, 6.07) is 3.14. The van der Waals surface area contributed by atoms with Crippen LogP contribution in [-0.2, 0) is 6.54 Å². The largest absolute Gasteiger partial charge is 0.307 e. The van der Waals surface area contributed by atoms with Crippen LogP contribution in [0.15, 0.2) is 12.3 Å². The van der Waals surface area contributed by atoms with Gasteiger partial charge in [0.25, 0.3) is 0 Å². The number of nitrogens with zero attached hydrogens (tertiary/aromatic N) is 2. The van der Waals surface area contributed by atoms with Crippen molar-refractivity contribution in [3.63, 3.8) is 0 Å². The van der Waals surface area contributed by atoms with E-state index in [0.29, 0.717) is 12.1 Å². The third-order valence-electron chi connectivity index (χ3n) is 2.63. The third-order valence-corrected chi connectivity index (χ3v) is 3.36. The van der Waals surface area contributed by atoms with Crippen molar-refractivity contribution in [2.24, 2.45) is 0 Å². The Hall–Kier alpha value is -0.480. The van der Waals surface area contributed by atoms with Crippen LogP contribution in [0.3, 0.4) is 0 Å². The Kier molecular flexibility index (Phi) is 5.91. The van der Waals surface area contributed by atoms with Crippen LogP contribution in [-0.4, -0.2) is 27.8 Å². The first-order valence-corrected chi connectivity index (χ1v) is 7.33. The molecule has 3 nitrogen and oxygen atoms in total. The zero-order valence-corrected chi connectivity index (χ0v) is 11.5. The molecule has 4 heteroatoms. The molecule has 0 amide bonds. The van der Waals surface area contributed by atoms with Gasteiger partial charge in [0.2, 0.25) is 0 Å². The lowest BCUT2D eigenvalue weighted by Gasteiger charge is -2.14. The highest BCUT2D eigenvalue weighted by Crippen LogP contribution is 2.06. The van der Waals surface area contributed by atoms with E-state index in [9.17, 15) is 0 Å². The highest BCUT2D eigenvalue weighted by molar-refractivity contribution is 7.98. The zero-order valence-electron chi connectivity index (χ0n) is 10.7. The van der Waals surface area contributed by atoms with Gasteiger partial charge in [-0.1, -0.05) is 6.92 Å². The summed E-state index contributed by atoms with van der Waals surface area (Å²) in [6.45, 7) is 7.39. The maximum atomic E-state index is 4.52. The fraction of sp³-hybridized carbons (Fsp3) is 0.750. The highest BCUT2D eigenvalue weighted by atomic mass is 32.2. The summed E-state index contributed by atoms with van der Waals surface area (Å²) >= 11 is 1.89. The lowest BCUT2D eigenvalue weighted by atomic mass is 10.2. The average Bonchev–Trinajstić information content (AvgIpc) is 2.73. The second-order valence-electron chi connectivity index (χ2n) is 4.32. The van der Waals surface area contributed by atoms with E-state index in [4.69, 9.17) is 0 Å². The fourth-order valence-corrected chi connectivity index (χ4v) is 2.29. The van der Waals surface area contributed by atoms with Crippen LogP contribution in [0, 0.1) is 0 Å². The Morgan fingerprint density at radius 1 is 1.50 bits per heavy atom. The van der Waals surface area contributed by atoms with Crippen LogP contribution < -0.4 is 5.32 Å². The molecule has 1 unspecified atom stereocenters. The van der Waals surface area contributed by atoms with Gasteiger partial charge in [-0.15, -0.1) is 0 Å². The molecule has 0 aromatic carbocycles. The molecule has 1 rings (SSSR count).